The number of hydrogen-bond donors (Lipinski definition) is 1. The normalized spacial score (nSPS) is 29.9. The minimum absolute atomic E-state index is 0.468. The molecule has 0 spiro atoms. The molecule has 0 radical (unpaired) electrons. The lowest BCUT2D eigenvalue weighted by molar-refractivity contribution is -0.0706. The summed E-state index contributed by atoms with van der Waals surface area (Å²) in [4.78, 5) is 0. The van der Waals surface area contributed by atoms with Crippen molar-refractivity contribution in [3.8, 4) is 5.75 Å². The van der Waals surface area contributed by atoms with Gasteiger partial charge in [-0.15, -0.1) is 0 Å². The molecule has 2 aromatic rings. The van der Waals surface area contributed by atoms with Crippen LogP contribution in [0.15, 0.2) is 40.9 Å². The van der Waals surface area contributed by atoms with E-state index in [4.69, 9.17) is 27.9 Å². The molecule has 0 saturated heterocycles. The summed E-state index contributed by atoms with van der Waals surface area (Å²) in [5, 5.41) is 5.03. The molecule has 166 valence electrons. The summed E-state index contributed by atoms with van der Waals surface area (Å²) in [6, 6.07) is 12.4. The van der Waals surface area contributed by atoms with Crippen molar-refractivity contribution in [3.63, 3.8) is 0 Å². The third-order valence-corrected chi connectivity index (χ3v) is 9.24. The lowest BCUT2D eigenvalue weighted by atomic mass is 9.48. The maximum Gasteiger partial charge on any atom is 0.124 e. The molecule has 5 heteroatoms. The van der Waals surface area contributed by atoms with Crippen molar-refractivity contribution >= 4 is 39.1 Å². The van der Waals surface area contributed by atoms with Crippen LogP contribution >= 0.6 is 39.1 Å². The van der Waals surface area contributed by atoms with Crippen LogP contribution in [0.5, 0.6) is 5.75 Å². The Morgan fingerprint density at radius 1 is 1.00 bits per heavy atom. The van der Waals surface area contributed by atoms with Gasteiger partial charge in [0.1, 0.15) is 12.4 Å². The molecule has 0 aliphatic heterocycles. The van der Waals surface area contributed by atoms with Gasteiger partial charge in [-0.25, -0.2) is 0 Å². The van der Waals surface area contributed by atoms with Crippen molar-refractivity contribution in [3.05, 3.63) is 62.0 Å². The number of halogens is 3. The van der Waals surface area contributed by atoms with Gasteiger partial charge < -0.3 is 10.1 Å². The fraction of sp³-hybridized carbons (Fsp3) is 0.538. The van der Waals surface area contributed by atoms with Crippen LogP contribution in [0.3, 0.4) is 0 Å². The van der Waals surface area contributed by atoms with E-state index in [0.717, 1.165) is 40.1 Å². The summed E-state index contributed by atoms with van der Waals surface area (Å²) in [6.45, 7) is 3.70. The minimum atomic E-state index is 0.468. The third-order valence-electron chi connectivity index (χ3n) is 8.00. The van der Waals surface area contributed by atoms with Gasteiger partial charge in [0.25, 0.3) is 0 Å². The van der Waals surface area contributed by atoms with Gasteiger partial charge >= 0.3 is 0 Å². The molecule has 1 atom stereocenters. The second-order valence-electron chi connectivity index (χ2n) is 10.2. The average Bonchev–Trinajstić information content (AvgIpc) is 2.72. The summed E-state index contributed by atoms with van der Waals surface area (Å²) in [7, 11) is 0. The predicted molar refractivity (Wildman–Crippen MR) is 132 cm³/mol. The highest BCUT2D eigenvalue weighted by atomic mass is 79.9. The van der Waals surface area contributed by atoms with Crippen LogP contribution < -0.4 is 10.1 Å². The van der Waals surface area contributed by atoms with E-state index in [0.29, 0.717) is 28.1 Å². The Morgan fingerprint density at radius 2 is 1.68 bits per heavy atom. The van der Waals surface area contributed by atoms with Crippen molar-refractivity contribution in [1.29, 1.82) is 0 Å². The number of ether oxygens (including phenoxy) is 1. The Balaban J connectivity index is 1.26. The van der Waals surface area contributed by atoms with E-state index in [9.17, 15) is 0 Å². The maximum atomic E-state index is 6.19. The molecule has 4 bridgehead atoms. The van der Waals surface area contributed by atoms with Gasteiger partial charge in [0.2, 0.25) is 0 Å². The first-order valence-corrected chi connectivity index (χ1v) is 13.0. The monoisotopic (exact) mass is 521 g/mol. The van der Waals surface area contributed by atoms with Gasteiger partial charge in [0.05, 0.1) is 10.0 Å². The molecule has 31 heavy (non-hydrogen) atoms. The maximum absolute atomic E-state index is 6.19. The van der Waals surface area contributed by atoms with Crippen LogP contribution in [0.25, 0.3) is 0 Å². The van der Waals surface area contributed by atoms with Crippen molar-refractivity contribution in [1.82, 2.24) is 5.32 Å². The van der Waals surface area contributed by atoms with Crippen LogP contribution in [0.1, 0.15) is 56.6 Å². The van der Waals surface area contributed by atoms with E-state index in [-0.39, 0.29) is 0 Å². The SMILES string of the molecule is CC(NCc1cc(Br)ccc1OCc1ccc(Cl)c(Cl)c1)C12CC3CC(CC(C3)C1)C2. The Hall–Kier alpha value is -0.740. The van der Waals surface area contributed by atoms with Gasteiger partial charge in [-0.3, -0.25) is 0 Å². The highest BCUT2D eigenvalue weighted by Crippen LogP contribution is 2.61. The Labute approximate surface area is 204 Å². The first-order chi connectivity index (χ1) is 14.9. The molecule has 2 nitrogen and oxygen atoms in total. The third kappa shape index (κ3) is 4.67. The van der Waals surface area contributed by atoms with Gasteiger partial charge in [0, 0.05) is 22.6 Å². The van der Waals surface area contributed by atoms with E-state index in [1.165, 1.54) is 44.1 Å². The summed E-state index contributed by atoms with van der Waals surface area (Å²) >= 11 is 15.8. The number of hydrogen-bond acceptors (Lipinski definition) is 2. The van der Waals surface area contributed by atoms with Gasteiger partial charge in [-0.2, -0.15) is 0 Å². The van der Waals surface area contributed by atoms with Crippen molar-refractivity contribution in [2.45, 2.75) is 64.6 Å². The average molecular weight is 523 g/mol. The van der Waals surface area contributed by atoms with Crippen molar-refractivity contribution < 1.29 is 4.74 Å². The zero-order valence-electron chi connectivity index (χ0n) is 18.0. The Morgan fingerprint density at radius 3 is 2.32 bits per heavy atom. The van der Waals surface area contributed by atoms with Crippen LogP contribution in [0, 0.1) is 23.2 Å². The summed E-state index contributed by atoms with van der Waals surface area (Å²) < 4.78 is 7.27. The molecule has 4 aliphatic rings. The summed E-state index contributed by atoms with van der Waals surface area (Å²) in [6.07, 6.45) is 8.74. The molecule has 1 unspecified atom stereocenters. The fourth-order valence-corrected chi connectivity index (χ4v) is 7.53. The quantitative estimate of drug-likeness (QED) is 0.397. The number of nitrogens with one attached hydrogen (secondary N) is 1. The standard InChI is InChI=1S/C26H30BrCl2NO/c1-16(26-11-18-6-19(12-26)8-20(7-18)13-26)30-14-21-10-22(27)3-5-25(21)31-15-17-2-4-23(28)24(29)9-17/h2-5,9-10,16,18-20,30H,6-8,11-15H2,1H3. The molecular formula is C26H30BrCl2NO. The van der Waals surface area contributed by atoms with Crippen LogP contribution in [-0.2, 0) is 13.2 Å². The van der Waals surface area contributed by atoms with E-state index in [1.54, 1.807) is 0 Å². The van der Waals surface area contributed by atoms with E-state index in [1.807, 2.05) is 30.3 Å². The molecule has 4 fully saturated rings. The van der Waals surface area contributed by atoms with Crippen LogP contribution in [-0.4, -0.2) is 6.04 Å². The molecule has 6 rings (SSSR count). The van der Waals surface area contributed by atoms with E-state index < -0.39 is 0 Å². The lowest BCUT2D eigenvalue weighted by Crippen LogP contribution is -2.54. The first-order valence-electron chi connectivity index (χ1n) is 11.5. The van der Waals surface area contributed by atoms with E-state index >= 15 is 0 Å². The highest BCUT2D eigenvalue weighted by molar-refractivity contribution is 9.10. The van der Waals surface area contributed by atoms with E-state index in [2.05, 4.69) is 34.2 Å². The minimum Gasteiger partial charge on any atom is -0.489 e. The topological polar surface area (TPSA) is 21.3 Å². The van der Waals surface area contributed by atoms with Crippen LogP contribution in [0.4, 0.5) is 0 Å². The zero-order valence-corrected chi connectivity index (χ0v) is 21.1. The fourth-order valence-electron chi connectivity index (χ4n) is 6.81. The molecule has 4 aliphatic carbocycles. The molecule has 1 N–H and O–H groups in total. The smallest absolute Gasteiger partial charge is 0.124 e. The molecule has 0 heterocycles. The molecule has 0 amide bonds. The Kier molecular flexibility index (Phi) is 6.33. The number of rotatable bonds is 7. The number of benzene rings is 2. The first kappa shape index (κ1) is 22.1. The molecular weight excluding hydrogens is 493 g/mol. The van der Waals surface area contributed by atoms with Gasteiger partial charge in [-0.05, 0) is 105 Å². The molecule has 2 aromatic carbocycles. The predicted octanol–water partition coefficient (Wildman–Crippen LogP) is 8.03. The second-order valence-corrected chi connectivity index (χ2v) is 11.9. The second kappa shape index (κ2) is 8.89. The zero-order chi connectivity index (χ0) is 21.6. The van der Waals surface area contributed by atoms with Crippen LogP contribution in [0.2, 0.25) is 10.0 Å². The van der Waals surface area contributed by atoms with Gasteiger partial charge in [0.15, 0.2) is 0 Å². The lowest BCUT2D eigenvalue weighted by Gasteiger charge is -2.59. The largest absolute Gasteiger partial charge is 0.489 e. The summed E-state index contributed by atoms with van der Waals surface area (Å²) in [5.74, 6) is 3.85. The molecule has 0 aromatic heterocycles. The Bertz CT molecular complexity index is 927. The highest BCUT2D eigenvalue weighted by Gasteiger charge is 2.52. The molecule has 4 saturated carbocycles. The van der Waals surface area contributed by atoms with Crippen molar-refractivity contribution in [2.75, 3.05) is 0 Å². The summed E-state index contributed by atoms with van der Waals surface area (Å²) in [5.41, 5.74) is 2.70. The van der Waals surface area contributed by atoms with Crippen molar-refractivity contribution in [2.24, 2.45) is 23.2 Å². The van der Waals surface area contributed by atoms with Gasteiger partial charge in [-0.1, -0.05) is 45.2 Å².